The molecule has 0 unspecified atom stereocenters. The second kappa shape index (κ2) is 10.1. The minimum absolute atomic E-state index is 0.00691. The van der Waals surface area contributed by atoms with Crippen LogP contribution in [0.15, 0.2) is 84.9 Å². The highest BCUT2D eigenvalue weighted by Crippen LogP contribution is 2.35. The van der Waals surface area contributed by atoms with Crippen molar-refractivity contribution in [3.63, 3.8) is 0 Å². The maximum absolute atomic E-state index is 15.2. The number of alkyl halides is 3. The number of fused-ring (bicyclic) bond motifs is 1. The van der Waals surface area contributed by atoms with E-state index in [9.17, 15) is 17.6 Å². The SMILES string of the molecule is CCCc1ccc(C#Cc2ccc(/C(F)=C(\F)c3ccc(C(F)(F)F)cc3)c3ccccc23)cc1. The maximum Gasteiger partial charge on any atom is 0.416 e. The molecular weight excluding hydrogens is 455 g/mol. The first-order valence-electron chi connectivity index (χ1n) is 11.1. The molecule has 0 atom stereocenters. The summed E-state index contributed by atoms with van der Waals surface area (Å²) in [5, 5.41) is 1.10. The quantitative estimate of drug-likeness (QED) is 0.157. The first-order valence-corrected chi connectivity index (χ1v) is 11.1. The van der Waals surface area contributed by atoms with Gasteiger partial charge < -0.3 is 0 Å². The summed E-state index contributed by atoms with van der Waals surface area (Å²) in [6.45, 7) is 2.12. The van der Waals surface area contributed by atoms with Gasteiger partial charge in [0.25, 0.3) is 0 Å². The van der Waals surface area contributed by atoms with Gasteiger partial charge in [-0.15, -0.1) is 0 Å². The van der Waals surface area contributed by atoms with Crippen LogP contribution in [0, 0.1) is 11.8 Å². The van der Waals surface area contributed by atoms with E-state index in [1.807, 2.05) is 24.3 Å². The van der Waals surface area contributed by atoms with Gasteiger partial charge in [0.1, 0.15) is 0 Å². The predicted molar refractivity (Wildman–Crippen MR) is 131 cm³/mol. The van der Waals surface area contributed by atoms with Crippen molar-refractivity contribution in [2.45, 2.75) is 25.9 Å². The Hall–Kier alpha value is -3.91. The molecule has 35 heavy (non-hydrogen) atoms. The van der Waals surface area contributed by atoms with Crippen LogP contribution in [-0.4, -0.2) is 0 Å². The second-order valence-electron chi connectivity index (χ2n) is 8.11. The van der Waals surface area contributed by atoms with E-state index in [1.165, 1.54) is 11.6 Å². The maximum atomic E-state index is 15.2. The van der Waals surface area contributed by atoms with E-state index in [4.69, 9.17) is 0 Å². The predicted octanol–water partition coefficient (Wildman–Crippen LogP) is 8.98. The first kappa shape index (κ1) is 24.2. The number of benzene rings is 4. The van der Waals surface area contributed by atoms with Gasteiger partial charge in [0.2, 0.25) is 0 Å². The fourth-order valence-electron chi connectivity index (χ4n) is 3.83. The average molecular weight is 476 g/mol. The lowest BCUT2D eigenvalue weighted by Crippen LogP contribution is -2.04. The summed E-state index contributed by atoms with van der Waals surface area (Å²) in [5.41, 5.74) is 1.55. The molecule has 4 aromatic carbocycles. The van der Waals surface area contributed by atoms with Gasteiger partial charge in [0, 0.05) is 22.3 Å². The van der Waals surface area contributed by atoms with E-state index in [-0.39, 0.29) is 11.1 Å². The number of halogens is 5. The van der Waals surface area contributed by atoms with Crippen LogP contribution in [0.3, 0.4) is 0 Å². The first-order chi connectivity index (χ1) is 16.8. The van der Waals surface area contributed by atoms with E-state index in [1.54, 1.807) is 30.3 Å². The van der Waals surface area contributed by atoms with Crippen LogP contribution in [-0.2, 0) is 12.6 Å². The second-order valence-corrected chi connectivity index (χ2v) is 8.11. The molecule has 5 heteroatoms. The molecule has 0 aliphatic rings. The molecule has 0 saturated carbocycles. The summed E-state index contributed by atoms with van der Waals surface area (Å²) in [6, 6.07) is 21.3. The molecule has 0 bridgehead atoms. The van der Waals surface area contributed by atoms with Crippen molar-refractivity contribution in [3.05, 3.63) is 118 Å². The minimum Gasteiger partial charge on any atom is -0.203 e. The number of hydrogen-bond donors (Lipinski definition) is 0. The molecule has 0 nitrogen and oxygen atoms in total. The molecule has 0 aromatic heterocycles. The van der Waals surface area contributed by atoms with Crippen molar-refractivity contribution in [2.24, 2.45) is 0 Å². The van der Waals surface area contributed by atoms with Crippen molar-refractivity contribution in [3.8, 4) is 11.8 Å². The van der Waals surface area contributed by atoms with Crippen molar-refractivity contribution in [1.82, 2.24) is 0 Å². The largest absolute Gasteiger partial charge is 0.416 e. The Bertz CT molecular complexity index is 1430. The van der Waals surface area contributed by atoms with Gasteiger partial charge in [-0.1, -0.05) is 79.8 Å². The van der Waals surface area contributed by atoms with Crippen LogP contribution in [0.1, 0.15) is 46.7 Å². The van der Waals surface area contributed by atoms with Crippen molar-refractivity contribution < 1.29 is 22.0 Å². The number of hydrogen-bond acceptors (Lipinski definition) is 0. The highest BCUT2D eigenvalue weighted by molar-refractivity contribution is 6.00. The van der Waals surface area contributed by atoms with E-state index in [2.05, 4.69) is 18.8 Å². The van der Waals surface area contributed by atoms with Crippen LogP contribution >= 0.6 is 0 Å². The van der Waals surface area contributed by atoms with E-state index in [0.717, 1.165) is 42.7 Å². The fourth-order valence-corrected chi connectivity index (χ4v) is 3.83. The smallest absolute Gasteiger partial charge is 0.203 e. The third-order valence-corrected chi connectivity index (χ3v) is 5.65. The number of aryl methyl sites for hydroxylation is 1. The lowest BCUT2D eigenvalue weighted by atomic mass is 9.97. The molecule has 0 aliphatic carbocycles. The zero-order valence-corrected chi connectivity index (χ0v) is 18.9. The lowest BCUT2D eigenvalue weighted by molar-refractivity contribution is -0.137. The van der Waals surface area contributed by atoms with Crippen molar-refractivity contribution in [1.29, 1.82) is 0 Å². The summed E-state index contributed by atoms with van der Waals surface area (Å²) in [6.07, 6.45) is -2.49. The standard InChI is InChI=1S/C30H21F5/c1-2-5-20-8-10-21(11-9-20)12-13-22-16-19-27(26-7-4-3-6-25(22)26)29(32)28(31)23-14-17-24(18-15-23)30(33,34)35/h3-4,6-11,14-19H,2,5H2,1H3/b29-28+. The lowest BCUT2D eigenvalue weighted by Gasteiger charge is -2.09. The zero-order chi connectivity index (χ0) is 25.0. The highest BCUT2D eigenvalue weighted by atomic mass is 19.4. The topological polar surface area (TPSA) is 0 Å². The van der Waals surface area contributed by atoms with Gasteiger partial charge >= 0.3 is 6.18 Å². The molecule has 176 valence electrons. The van der Waals surface area contributed by atoms with E-state index < -0.39 is 23.4 Å². The van der Waals surface area contributed by atoms with E-state index >= 15 is 4.39 Å². The molecular formula is C30H21F5. The van der Waals surface area contributed by atoms with Crippen molar-refractivity contribution in [2.75, 3.05) is 0 Å². The van der Waals surface area contributed by atoms with Crippen LogP contribution in [0.25, 0.3) is 22.4 Å². The summed E-state index contributed by atoms with van der Waals surface area (Å²) in [7, 11) is 0. The van der Waals surface area contributed by atoms with Crippen molar-refractivity contribution >= 4 is 22.4 Å². The molecule has 0 spiro atoms. The molecule has 0 amide bonds. The summed E-state index contributed by atoms with van der Waals surface area (Å²) < 4.78 is 68.5. The Morgan fingerprint density at radius 2 is 1.37 bits per heavy atom. The van der Waals surface area contributed by atoms with Gasteiger partial charge in [-0.05, 0) is 53.1 Å². The molecule has 0 fully saturated rings. The molecule has 0 heterocycles. The summed E-state index contributed by atoms with van der Waals surface area (Å²) >= 11 is 0. The minimum atomic E-state index is -4.55. The average Bonchev–Trinajstić information content (AvgIpc) is 2.87. The van der Waals surface area contributed by atoms with Crippen LogP contribution in [0.4, 0.5) is 22.0 Å². The molecule has 4 aromatic rings. The summed E-state index contributed by atoms with van der Waals surface area (Å²) in [4.78, 5) is 0. The Labute approximate surface area is 200 Å². The Morgan fingerprint density at radius 3 is 2.00 bits per heavy atom. The molecule has 4 rings (SSSR count). The fraction of sp³-hybridized carbons (Fsp3) is 0.133. The van der Waals surface area contributed by atoms with E-state index in [0.29, 0.717) is 16.3 Å². The Kier molecular flexibility index (Phi) is 7.02. The zero-order valence-electron chi connectivity index (χ0n) is 18.9. The molecule has 0 N–H and O–H groups in total. The molecule has 0 radical (unpaired) electrons. The Balaban J connectivity index is 1.71. The highest BCUT2D eigenvalue weighted by Gasteiger charge is 2.30. The van der Waals surface area contributed by atoms with Gasteiger partial charge in [-0.3, -0.25) is 0 Å². The normalized spacial score (nSPS) is 12.2. The third kappa shape index (κ3) is 5.44. The van der Waals surface area contributed by atoms with Gasteiger partial charge in [-0.2, -0.15) is 13.2 Å². The monoisotopic (exact) mass is 476 g/mol. The third-order valence-electron chi connectivity index (χ3n) is 5.65. The Morgan fingerprint density at radius 1 is 0.714 bits per heavy atom. The number of rotatable bonds is 4. The molecule has 0 saturated heterocycles. The van der Waals surface area contributed by atoms with Gasteiger partial charge in [-0.25, -0.2) is 8.78 Å². The molecule has 0 aliphatic heterocycles. The van der Waals surface area contributed by atoms with Crippen LogP contribution < -0.4 is 0 Å². The van der Waals surface area contributed by atoms with Crippen LogP contribution in [0.2, 0.25) is 0 Å². The van der Waals surface area contributed by atoms with Crippen LogP contribution in [0.5, 0.6) is 0 Å². The summed E-state index contributed by atoms with van der Waals surface area (Å²) in [5.74, 6) is 3.86. The van der Waals surface area contributed by atoms with Gasteiger partial charge in [0.05, 0.1) is 5.56 Å². The van der Waals surface area contributed by atoms with Gasteiger partial charge in [0.15, 0.2) is 11.7 Å².